The van der Waals surface area contributed by atoms with Gasteiger partial charge in [0.15, 0.2) is 0 Å². The molecule has 0 fully saturated rings. The predicted molar refractivity (Wildman–Crippen MR) is 86.1 cm³/mol. The Bertz CT molecular complexity index is 544. The first-order chi connectivity index (χ1) is 10.3. The number of esters is 1. The Morgan fingerprint density at radius 3 is 2.24 bits per heavy atom. The van der Waals surface area contributed by atoms with E-state index in [-0.39, 0.29) is 5.97 Å². The molecule has 0 bridgehead atoms. The molecule has 0 unspecified atom stereocenters. The molecule has 0 N–H and O–H groups in total. The number of rotatable bonds is 7. The number of carbonyl (C=O) groups excluding carboxylic acids is 1. The molecular weight excluding hydrogens is 260 g/mol. The summed E-state index contributed by atoms with van der Waals surface area (Å²) in [6.45, 7) is 2.31. The Morgan fingerprint density at radius 2 is 1.57 bits per heavy atom. The van der Waals surface area contributed by atoms with Gasteiger partial charge in [0.1, 0.15) is 0 Å². The van der Waals surface area contributed by atoms with Crippen LogP contribution in [0.4, 0.5) is 0 Å². The molecule has 0 saturated carbocycles. The molecule has 0 aliphatic heterocycles. The van der Waals surface area contributed by atoms with Crippen molar-refractivity contribution in [2.75, 3.05) is 6.61 Å². The van der Waals surface area contributed by atoms with Crippen LogP contribution in [-0.2, 0) is 16.0 Å². The third kappa shape index (κ3) is 5.07. The molecule has 2 aromatic rings. The Balaban J connectivity index is 1.79. The molecule has 0 aliphatic carbocycles. The van der Waals surface area contributed by atoms with Gasteiger partial charge in [0.25, 0.3) is 0 Å². The molecule has 2 aromatic carbocycles. The highest BCUT2D eigenvalue weighted by molar-refractivity contribution is 5.69. The van der Waals surface area contributed by atoms with Crippen molar-refractivity contribution in [1.29, 1.82) is 0 Å². The molecule has 0 radical (unpaired) electrons. The van der Waals surface area contributed by atoms with Crippen molar-refractivity contribution in [2.45, 2.75) is 32.6 Å². The third-order valence-corrected chi connectivity index (χ3v) is 3.46. The van der Waals surface area contributed by atoms with E-state index in [4.69, 9.17) is 4.74 Å². The molecule has 0 amide bonds. The zero-order chi connectivity index (χ0) is 14.9. The summed E-state index contributed by atoms with van der Waals surface area (Å²) in [7, 11) is 0. The summed E-state index contributed by atoms with van der Waals surface area (Å²) in [4.78, 5) is 11.2. The first kappa shape index (κ1) is 15.3. The van der Waals surface area contributed by atoms with Gasteiger partial charge in [-0.3, -0.25) is 4.79 Å². The molecule has 0 aromatic heterocycles. The van der Waals surface area contributed by atoms with Gasteiger partial charge in [-0.05, 0) is 42.9 Å². The molecule has 2 heteroatoms. The second-order valence-electron chi connectivity index (χ2n) is 5.08. The Labute approximate surface area is 126 Å². The van der Waals surface area contributed by atoms with E-state index in [0.29, 0.717) is 13.0 Å². The quantitative estimate of drug-likeness (QED) is 0.546. The van der Waals surface area contributed by atoms with E-state index >= 15 is 0 Å². The molecule has 21 heavy (non-hydrogen) atoms. The predicted octanol–water partition coefficient (Wildman–Crippen LogP) is 4.63. The lowest BCUT2D eigenvalue weighted by Gasteiger charge is -2.05. The van der Waals surface area contributed by atoms with Gasteiger partial charge in [0, 0.05) is 6.42 Å². The Hall–Kier alpha value is -2.09. The molecule has 0 aliphatic rings. The maximum atomic E-state index is 11.2. The van der Waals surface area contributed by atoms with Crippen LogP contribution >= 0.6 is 0 Å². The minimum absolute atomic E-state index is 0.0862. The highest BCUT2D eigenvalue weighted by Gasteiger charge is 2.02. The number of benzene rings is 2. The maximum absolute atomic E-state index is 11.2. The lowest BCUT2D eigenvalue weighted by Crippen LogP contribution is -2.03. The van der Waals surface area contributed by atoms with E-state index in [1.807, 2.05) is 13.0 Å². The van der Waals surface area contributed by atoms with E-state index in [1.54, 1.807) is 0 Å². The van der Waals surface area contributed by atoms with Crippen molar-refractivity contribution < 1.29 is 9.53 Å². The standard InChI is InChI=1S/C19H22O2/c1-2-21-19(20)11-7-6-8-16-12-14-18(15-13-16)17-9-4-3-5-10-17/h3-5,9-10,12-15H,2,6-8,11H2,1H3. The summed E-state index contributed by atoms with van der Waals surface area (Å²) in [5.74, 6) is -0.0862. The average Bonchev–Trinajstić information content (AvgIpc) is 2.53. The zero-order valence-corrected chi connectivity index (χ0v) is 12.5. The van der Waals surface area contributed by atoms with E-state index in [0.717, 1.165) is 19.3 Å². The van der Waals surface area contributed by atoms with Gasteiger partial charge in [-0.15, -0.1) is 0 Å². The van der Waals surface area contributed by atoms with E-state index < -0.39 is 0 Å². The van der Waals surface area contributed by atoms with Crippen molar-refractivity contribution in [1.82, 2.24) is 0 Å². The van der Waals surface area contributed by atoms with Crippen LogP contribution in [0.2, 0.25) is 0 Å². The summed E-state index contributed by atoms with van der Waals surface area (Å²) < 4.78 is 4.92. The van der Waals surface area contributed by atoms with Crippen LogP contribution in [0.5, 0.6) is 0 Å². The minimum Gasteiger partial charge on any atom is -0.466 e. The van der Waals surface area contributed by atoms with Gasteiger partial charge < -0.3 is 4.74 Å². The molecule has 0 saturated heterocycles. The summed E-state index contributed by atoms with van der Waals surface area (Å²) in [6.07, 6.45) is 3.44. The maximum Gasteiger partial charge on any atom is 0.305 e. The van der Waals surface area contributed by atoms with Crippen LogP contribution in [0.15, 0.2) is 54.6 Å². The van der Waals surface area contributed by atoms with Gasteiger partial charge in [-0.1, -0.05) is 54.6 Å². The summed E-state index contributed by atoms with van der Waals surface area (Å²) in [5.41, 5.74) is 3.80. The molecule has 0 heterocycles. The van der Waals surface area contributed by atoms with E-state index in [9.17, 15) is 4.79 Å². The number of ether oxygens (including phenoxy) is 1. The lowest BCUT2D eigenvalue weighted by molar-refractivity contribution is -0.143. The molecular formula is C19H22O2. The summed E-state index contributed by atoms with van der Waals surface area (Å²) in [6, 6.07) is 19.0. The first-order valence-electron chi connectivity index (χ1n) is 7.59. The van der Waals surface area contributed by atoms with E-state index in [2.05, 4.69) is 48.5 Å². The van der Waals surface area contributed by atoms with Crippen molar-refractivity contribution >= 4 is 5.97 Å². The van der Waals surface area contributed by atoms with Crippen LogP contribution in [0, 0.1) is 0 Å². The lowest BCUT2D eigenvalue weighted by atomic mass is 10.0. The molecule has 0 spiro atoms. The van der Waals surface area contributed by atoms with Gasteiger partial charge >= 0.3 is 5.97 Å². The molecule has 2 rings (SSSR count). The van der Waals surface area contributed by atoms with Crippen LogP contribution < -0.4 is 0 Å². The summed E-state index contributed by atoms with van der Waals surface area (Å²) >= 11 is 0. The molecule has 0 atom stereocenters. The highest BCUT2D eigenvalue weighted by atomic mass is 16.5. The average molecular weight is 282 g/mol. The van der Waals surface area contributed by atoms with Gasteiger partial charge in [0.05, 0.1) is 6.61 Å². The fourth-order valence-corrected chi connectivity index (χ4v) is 2.33. The highest BCUT2D eigenvalue weighted by Crippen LogP contribution is 2.19. The molecule has 110 valence electrons. The van der Waals surface area contributed by atoms with Crippen molar-refractivity contribution in [2.24, 2.45) is 0 Å². The Morgan fingerprint density at radius 1 is 0.905 bits per heavy atom. The number of unbranched alkanes of at least 4 members (excludes halogenated alkanes) is 1. The van der Waals surface area contributed by atoms with Gasteiger partial charge in [-0.2, -0.15) is 0 Å². The van der Waals surface area contributed by atoms with Crippen LogP contribution in [0.25, 0.3) is 11.1 Å². The summed E-state index contributed by atoms with van der Waals surface area (Å²) in [5, 5.41) is 0. The number of carbonyl (C=O) groups is 1. The molecule has 2 nitrogen and oxygen atoms in total. The fraction of sp³-hybridized carbons (Fsp3) is 0.316. The minimum atomic E-state index is -0.0862. The fourth-order valence-electron chi connectivity index (χ4n) is 2.33. The topological polar surface area (TPSA) is 26.3 Å². The normalized spacial score (nSPS) is 10.3. The SMILES string of the molecule is CCOC(=O)CCCCc1ccc(-c2ccccc2)cc1. The van der Waals surface area contributed by atoms with Gasteiger partial charge in [0.2, 0.25) is 0 Å². The second kappa shape index (κ2) is 8.25. The Kier molecular flexibility index (Phi) is 6.01. The second-order valence-corrected chi connectivity index (χ2v) is 5.08. The van der Waals surface area contributed by atoms with Crippen molar-refractivity contribution in [3.8, 4) is 11.1 Å². The van der Waals surface area contributed by atoms with Crippen LogP contribution in [-0.4, -0.2) is 12.6 Å². The number of hydrogen-bond acceptors (Lipinski definition) is 2. The largest absolute Gasteiger partial charge is 0.466 e. The van der Waals surface area contributed by atoms with E-state index in [1.165, 1.54) is 16.7 Å². The number of hydrogen-bond donors (Lipinski definition) is 0. The monoisotopic (exact) mass is 282 g/mol. The smallest absolute Gasteiger partial charge is 0.305 e. The number of aryl methyl sites for hydroxylation is 1. The van der Waals surface area contributed by atoms with Crippen molar-refractivity contribution in [3.63, 3.8) is 0 Å². The van der Waals surface area contributed by atoms with Crippen LogP contribution in [0.3, 0.4) is 0 Å². The van der Waals surface area contributed by atoms with Crippen LogP contribution in [0.1, 0.15) is 31.7 Å². The van der Waals surface area contributed by atoms with Crippen molar-refractivity contribution in [3.05, 3.63) is 60.2 Å². The third-order valence-electron chi connectivity index (χ3n) is 3.46. The zero-order valence-electron chi connectivity index (χ0n) is 12.5. The first-order valence-corrected chi connectivity index (χ1v) is 7.59. The van der Waals surface area contributed by atoms with Gasteiger partial charge in [-0.25, -0.2) is 0 Å².